The molecule has 1 aromatic rings. The first kappa shape index (κ1) is 12.5. The number of hydrogen-bond acceptors (Lipinski definition) is 2. The Balaban J connectivity index is 2.15. The molecule has 0 aliphatic heterocycles. The van der Waals surface area contributed by atoms with Gasteiger partial charge in [-0.3, -0.25) is 4.57 Å². The van der Waals surface area contributed by atoms with E-state index >= 15 is 0 Å². The molecule has 15 heavy (non-hydrogen) atoms. The highest BCUT2D eigenvalue weighted by molar-refractivity contribution is 14.1. The standard InChI is InChI=1S/C11H17IN2O/c1-3-4-5-6-7-8-15-11-13-9-10(12)14(11)2/h3,9H,1,4-8H2,2H3. The van der Waals surface area contributed by atoms with Gasteiger partial charge in [-0.15, -0.1) is 6.58 Å². The van der Waals surface area contributed by atoms with Gasteiger partial charge in [0.05, 0.1) is 12.8 Å². The Labute approximate surface area is 105 Å². The van der Waals surface area contributed by atoms with E-state index < -0.39 is 0 Å². The summed E-state index contributed by atoms with van der Waals surface area (Å²) in [4.78, 5) is 4.17. The van der Waals surface area contributed by atoms with Crippen molar-refractivity contribution < 1.29 is 4.74 Å². The number of allylic oxidation sites excluding steroid dienone is 1. The minimum Gasteiger partial charge on any atom is -0.465 e. The topological polar surface area (TPSA) is 27.1 Å². The number of aromatic nitrogens is 2. The monoisotopic (exact) mass is 320 g/mol. The predicted molar refractivity (Wildman–Crippen MR) is 70.1 cm³/mol. The van der Waals surface area contributed by atoms with E-state index in [2.05, 4.69) is 34.2 Å². The fourth-order valence-electron chi connectivity index (χ4n) is 1.24. The van der Waals surface area contributed by atoms with Crippen molar-refractivity contribution in [2.75, 3.05) is 6.61 Å². The Kier molecular flexibility index (Phi) is 5.75. The molecule has 0 unspecified atom stereocenters. The molecule has 0 bridgehead atoms. The van der Waals surface area contributed by atoms with Crippen LogP contribution in [-0.4, -0.2) is 16.2 Å². The number of nitrogens with zero attached hydrogens (tertiary/aromatic N) is 2. The molecule has 4 heteroatoms. The lowest BCUT2D eigenvalue weighted by molar-refractivity contribution is 0.273. The molecule has 0 aliphatic carbocycles. The predicted octanol–water partition coefficient (Wildman–Crippen LogP) is 3.15. The summed E-state index contributed by atoms with van der Waals surface area (Å²) in [5.41, 5.74) is 0. The Hall–Kier alpha value is -0.520. The van der Waals surface area contributed by atoms with Crippen LogP contribution in [0.3, 0.4) is 0 Å². The van der Waals surface area contributed by atoms with Gasteiger partial charge in [-0.1, -0.05) is 6.08 Å². The second kappa shape index (κ2) is 6.87. The van der Waals surface area contributed by atoms with E-state index in [1.54, 1.807) is 0 Å². The highest BCUT2D eigenvalue weighted by Crippen LogP contribution is 2.12. The zero-order valence-corrected chi connectivity index (χ0v) is 11.2. The van der Waals surface area contributed by atoms with Crippen molar-refractivity contribution in [3.8, 4) is 6.01 Å². The molecule has 0 saturated carbocycles. The fraction of sp³-hybridized carbons (Fsp3) is 0.545. The van der Waals surface area contributed by atoms with Crippen molar-refractivity contribution in [2.24, 2.45) is 7.05 Å². The second-order valence-corrected chi connectivity index (χ2v) is 4.51. The van der Waals surface area contributed by atoms with Crippen LogP contribution >= 0.6 is 22.6 Å². The minimum atomic E-state index is 0.711. The first-order chi connectivity index (χ1) is 7.25. The van der Waals surface area contributed by atoms with Gasteiger partial charge in [0.1, 0.15) is 3.70 Å². The summed E-state index contributed by atoms with van der Waals surface area (Å²) in [6, 6.07) is 0.711. The van der Waals surface area contributed by atoms with Crippen molar-refractivity contribution in [2.45, 2.75) is 25.7 Å². The molecule has 0 N–H and O–H groups in total. The Morgan fingerprint density at radius 2 is 2.33 bits per heavy atom. The Bertz CT molecular complexity index is 310. The van der Waals surface area contributed by atoms with E-state index in [9.17, 15) is 0 Å². The molecule has 0 atom stereocenters. The van der Waals surface area contributed by atoms with Crippen LogP contribution in [0.4, 0.5) is 0 Å². The molecular weight excluding hydrogens is 303 g/mol. The van der Waals surface area contributed by atoms with Gasteiger partial charge >= 0.3 is 0 Å². The van der Waals surface area contributed by atoms with Gasteiger partial charge < -0.3 is 4.74 Å². The lowest BCUT2D eigenvalue weighted by atomic mass is 10.2. The molecule has 1 heterocycles. The zero-order chi connectivity index (χ0) is 11.1. The summed E-state index contributed by atoms with van der Waals surface area (Å²) in [7, 11) is 1.96. The van der Waals surface area contributed by atoms with Crippen molar-refractivity contribution in [1.82, 2.24) is 9.55 Å². The number of halogens is 1. The second-order valence-electron chi connectivity index (χ2n) is 3.41. The van der Waals surface area contributed by atoms with E-state index in [0.29, 0.717) is 6.01 Å². The normalized spacial score (nSPS) is 10.3. The summed E-state index contributed by atoms with van der Waals surface area (Å²) in [5.74, 6) is 0. The third-order valence-corrected chi connectivity index (χ3v) is 3.17. The maximum atomic E-state index is 5.56. The van der Waals surface area contributed by atoms with Gasteiger partial charge in [0.25, 0.3) is 6.01 Å². The molecule has 0 spiro atoms. The largest absolute Gasteiger partial charge is 0.465 e. The zero-order valence-electron chi connectivity index (χ0n) is 9.08. The van der Waals surface area contributed by atoms with Crippen LogP contribution in [0.25, 0.3) is 0 Å². The molecule has 0 saturated heterocycles. The van der Waals surface area contributed by atoms with Gasteiger partial charge in [-0.25, -0.2) is 4.98 Å². The first-order valence-corrected chi connectivity index (χ1v) is 6.24. The van der Waals surface area contributed by atoms with Crippen molar-refractivity contribution >= 4 is 22.6 Å². The molecule has 84 valence electrons. The molecule has 3 nitrogen and oxygen atoms in total. The van der Waals surface area contributed by atoms with Crippen LogP contribution in [-0.2, 0) is 7.05 Å². The van der Waals surface area contributed by atoms with Crippen LogP contribution < -0.4 is 4.74 Å². The maximum Gasteiger partial charge on any atom is 0.296 e. The van der Waals surface area contributed by atoms with Gasteiger partial charge in [0.2, 0.25) is 0 Å². The van der Waals surface area contributed by atoms with E-state index in [1.807, 2.05) is 23.9 Å². The summed E-state index contributed by atoms with van der Waals surface area (Å²) in [6.45, 7) is 4.44. The van der Waals surface area contributed by atoms with Crippen molar-refractivity contribution in [3.05, 3.63) is 22.6 Å². The average molecular weight is 320 g/mol. The van der Waals surface area contributed by atoms with Gasteiger partial charge in [0, 0.05) is 7.05 Å². The van der Waals surface area contributed by atoms with Crippen molar-refractivity contribution in [3.63, 3.8) is 0 Å². The molecule has 0 aromatic carbocycles. The Morgan fingerprint density at radius 3 is 2.93 bits per heavy atom. The number of imidazole rings is 1. The molecule has 0 radical (unpaired) electrons. The van der Waals surface area contributed by atoms with Gasteiger partial charge in [-0.2, -0.15) is 0 Å². The molecule has 0 amide bonds. The van der Waals surface area contributed by atoms with Crippen LogP contribution in [0.2, 0.25) is 0 Å². The number of hydrogen-bond donors (Lipinski definition) is 0. The van der Waals surface area contributed by atoms with Gasteiger partial charge in [0.15, 0.2) is 0 Å². The fourth-order valence-corrected chi connectivity index (χ4v) is 1.58. The highest BCUT2D eigenvalue weighted by atomic mass is 127. The Morgan fingerprint density at radius 1 is 1.53 bits per heavy atom. The summed E-state index contributed by atoms with van der Waals surface area (Å²) in [5, 5.41) is 0. The molecule has 0 aliphatic rings. The average Bonchev–Trinajstić information content (AvgIpc) is 2.54. The lowest BCUT2D eigenvalue weighted by Crippen LogP contribution is -2.03. The highest BCUT2D eigenvalue weighted by Gasteiger charge is 2.03. The first-order valence-electron chi connectivity index (χ1n) is 5.16. The SMILES string of the molecule is C=CCCCCCOc1ncc(I)n1C. The minimum absolute atomic E-state index is 0.711. The van der Waals surface area contributed by atoms with E-state index in [1.165, 1.54) is 12.8 Å². The van der Waals surface area contributed by atoms with Crippen LogP contribution in [0.5, 0.6) is 6.01 Å². The molecular formula is C11H17IN2O. The van der Waals surface area contributed by atoms with E-state index in [-0.39, 0.29) is 0 Å². The number of unbranched alkanes of at least 4 members (excludes halogenated alkanes) is 3. The van der Waals surface area contributed by atoms with Gasteiger partial charge in [-0.05, 0) is 48.3 Å². The summed E-state index contributed by atoms with van der Waals surface area (Å²) >= 11 is 2.23. The maximum absolute atomic E-state index is 5.56. The molecule has 0 fully saturated rings. The third-order valence-electron chi connectivity index (χ3n) is 2.17. The summed E-state index contributed by atoms with van der Waals surface area (Å²) < 4.78 is 8.60. The van der Waals surface area contributed by atoms with Crippen LogP contribution in [0.15, 0.2) is 18.9 Å². The number of ether oxygens (including phenoxy) is 1. The number of rotatable bonds is 7. The third kappa shape index (κ3) is 4.24. The van der Waals surface area contributed by atoms with E-state index in [4.69, 9.17) is 4.74 Å². The quantitative estimate of drug-likeness (QED) is 0.438. The van der Waals surface area contributed by atoms with E-state index in [0.717, 1.165) is 23.1 Å². The van der Waals surface area contributed by atoms with Crippen LogP contribution in [0.1, 0.15) is 25.7 Å². The van der Waals surface area contributed by atoms with Crippen LogP contribution in [0, 0.1) is 3.70 Å². The molecule has 1 rings (SSSR count). The molecule has 1 aromatic heterocycles. The van der Waals surface area contributed by atoms with Crippen molar-refractivity contribution in [1.29, 1.82) is 0 Å². The lowest BCUT2D eigenvalue weighted by Gasteiger charge is -2.05. The summed E-state index contributed by atoms with van der Waals surface area (Å²) in [6.07, 6.45) is 8.34. The smallest absolute Gasteiger partial charge is 0.296 e.